The summed E-state index contributed by atoms with van der Waals surface area (Å²) in [7, 11) is 0. The van der Waals surface area contributed by atoms with Gasteiger partial charge in [-0.05, 0) is 63.1 Å². The van der Waals surface area contributed by atoms with Crippen LogP contribution in [-0.2, 0) is 0 Å². The van der Waals surface area contributed by atoms with Crippen LogP contribution in [0.1, 0.15) is 47.4 Å². The zero-order valence-corrected chi connectivity index (χ0v) is 18.6. The fraction of sp³-hybridized carbons (Fsp3) is 0.391. The molecule has 29 heavy (non-hydrogen) atoms. The summed E-state index contributed by atoms with van der Waals surface area (Å²) in [5.74, 6) is 0.0457. The van der Waals surface area contributed by atoms with Crippen molar-refractivity contribution in [1.82, 2.24) is 10.2 Å². The summed E-state index contributed by atoms with van der Waals surface area (Å²) in [6.45, 7) is 7.04. The number of nitrogens with one attached hydrogen (secondary N) is 1. The Labute approximate surface area is 181 Å². The summed E-state index contributed by atoms with van der Waals surface area (Å²) in [5.41, 5.74) is 2.42. The zero-order valence-electron chi connectivity index (χ0n) is 17.0. The summed E-state index contributed by atoms with van der Waals surface area (Å²) >= 11 is 3.39. The molecule has 0 saturated carbocycles. The molecule has 2 amide bonds. The van der Waals surface area contributed by atoms with Crippen LogP contribution >= 0.6 is 15.9 Å². The lowest BCUT2D eigenvalue weighted by Gasteiger charge is -2.35. The predicted molar refractivity (Wildman–Crippen MR) is 121 cm³/mol. The number of hydrogen-bond donors (Lipinski definition) is 1. The number of carbonyl (C=O) groups excluding carboxylic acids is 2. The molecule has 1 N–H and O–H groups in total. The molecule has 0 spiro atoms. The van der Waals surface area contributed by atoms with E-state index < -0.39 is 0 Å². The van der Waals surface area contributed by atoms with Crippen molar-refractivity contribution in [2.45, 2.75) is 32.7 Å². The Morgan fingerprint density at radius 2 is 1.66 bits per heavy atom. The van der Waals surface area contributed by atoms with Crippen molar-refractivity contribution in [1.29, 1.82) is 0 Å². The van der Waals surface area contributed by atoms with Crippen LogP contribution in [0.3, 0.4) is 0 Å². The normalized spacial score (nSPS) is 14.5. The van der Waals surface area contributed by atoms with Crippen molar-refractivity contribution in [3.8, 4) is 0 Å². The van der Waals surface area contributed by atoms with Crippen molar-refractivity contribution in [3.63, 3.8) is 0 Å². The standard InChI is InChI=1S/C23H28BrN3O2/c1-3-26(4-2)23(29)20-7-5-6-8-21(20)27-15-13-19(14-16-27)25-22(28)17-9-11-18(24)12-10-17/h5-12,19H,3-4,13-16H2,1-2H3,(H,25,28). The molecule has 1 heterocycles. The number of anilines is 1. The lowest BCUT2D eigenvalue weighted by Crippen LogP contribution is -2.45. The molecule has 0 atom stereocenters. The molecule has 5 nitrogen and oxygen atoms in total. The van der Waals surface area contributed by atoms with Crippen LogP contribution < -0.4 is 10.2 Å². The van der Waals surface area contributed by atoms with E-state index in [4.69, 9.17) is 0 Å². The van der Waals surface area contributed by atoms with Crippen LogP contribution in [0, 0.1) is 0 Å². The Hall–Kier alpha value is -2.34. The molecule has 2 aromatic rings. The topological polar surface area (TPSA) is 52.7 Å². The van der Waals surface area contributed by atoms with Gasteiger partial charge in [0.15, 0.2) is 0 Å². The van der Waals surface area contributed by atoms with E-state index in [9.17, 15) is 9.59 Å². The van der Waals surface area contributed by atoms with Gasteiger partial charge in [0.05, 0.1) is 5.56 Å². The Morgan fingerprint density at radius 3 is 2.28 bits per heavy atom. The molecule has 1 saturated heterocycles. The van der Waals surface area contributed by atoms with Gasteiger partial charge in [-0.1, -0.05) is 28.1 Å². The summed E-state index contributed by atoms with van der Waals surface area (Å²) < 4.78 is 0.959. The average Bonchev–Trinajstić information content (AvgIpc) is 2.75. The molecule has 1 aliphatic heterocycles. The molecular formula is C23H28BrN3O2. The molecule has 0 aromatic heterocycles. The van der Waals surface area contributed by atoms with Gasteiger partial charge in [0.1, 0.15) is 0 Å². The molecule has 2 aromatic carbocycles. The van der Waals surface area contributed by atoms with E-state index in [-0.39, 0.29) is 17.9 Å². The summed E-state index contributed by atoms with van der Waals surface area (Å²) in [5, 5.41) is 3.14. The Bertz CT molecular complexity index is 841. The van der Waals surface area contributed by atoms with E-state index in [0.717, 1.165) is 41.7 Å². The minimum Gasteiger partial charge on any atom is -0.371 e. The second-order valence-corrected chi connectivity index (χ2v) is 8.15. The van der Waals surface area contributed by atoms with Gasteiger partial charge in [0.2, 0.25) is 0 Å². The third-order valence-corrected chi connectivity index (χ3v) is 5.99. The number of para-hydroxylation sites is 1. The minimum absolute atomic E-state index is 0.0342. The van der Waals surface area contributed by atoms with Gasteiger partial charge in [-0.2, -0.15) is 0 Å². The van der Waals surface area contributed by atoms with E-state index in [1.807, 2.05) is 67.3 Å². The smallest absolute Gasteiger partial charge is 0.255 e. The highest BCUT2D eigenvalue weighted by Crippen LogP contribution is 2.25. The monoisotopic (exact) mass is 457 g/mol. The van der Waals surface area contributed by atoms with E-state index in [1.54, 1.807) is 0 Å². The Morgan fingerprint density at radius 1 is 1.03 bits per heavy atom. The lowest BCUT2D eigenvalue weighted by atomic mass is 10.0. The SMILES string of the molecule is CCN(CC)C(=O)c1ccccc1N1CCC(NC(=O)c2ccc(Br)cc2)CC1. The van der Waals surface area contributed by atoms with E-state index >= 15 is 0 Å². The molecule has 1 aliphatic rings. The number of benzene rings is 2. The van der Waals surface area contributed by atoms with Gasteiger partial charge in [0.25, 0.3) is 11.8 Å². The van der Waals surface area contributed by atoms with Crippen LogP contribution in [0.4, 0.5) is 5.69 Å². The molecule has 1 fully saturated rings. The van der Waals surface area contributed by atoms with Gasteiger partial charge >= 0.3 is 0 Å². The van der Waals surface area contributed by atoms with Gasteiger partial charge in [0, 0.05) is 47.9 Å². The van der Waals surface area contributed by atoms with Crippen molar-refractivity contribution in [2.75, 3.05) is 31.1 Å². The third-order valence-electron chi connectivity index (χ3n) is 5.46. The van der Waals surface area contributed by atoms with Crippen LogP contribution in [0.2, 0.25) is 0 Å². The minimum atomic E-state index is -0.0342. The van der Waals surface area contributed by atoms with Crippen LogP contribution in [-0.4, -0.2) is 48.9 Å². The summed E-state index contributed by atoms with van der Waals surface area (Å²) in [6.07, 6.45) is 1.71. The quantitative estimate of drug-likeness (QED) is 0.701. The molecule has 6 heteroatoms. The van der Waals surface area contributed by atoms with E-state index in [0.29, 0.717) is 18.7 Å². The molecule has 3 rings (SSSR count). The number of nitrogens with zero attached hydrogens (tertiary/aromatic N) is 2. The van der Waals surface area contributed by atoms with Gasteiger partial charge in [-0.3, -0.25) is 9.59 Å². The number of carbonyl (C=O) groups is 2. The van der Waals surface area contributed by atoms with E-state index in [2.05, 4.69) is 26.1 Å². The Balaban J connectivity index is 1.63. The van der Waals surface area contributed by atoms with Crippen LogP contribution in [0.15, 0.2) is 53.0 Å². The molecule has 0 aliphatic carbocycles. The van der Waals surface area contributed by atoms with Crippen LogP contribution in [0.25, 0.3) is 0 Å². The fourth-order valence-electron chi connectivity index (χ4n) is 3.75. The number of rotatable bonds is 6. The first-order valence-corrected chi connectivity index (χ1v) is 11.0. The largest absolute Gasteiger partial charge is 0.371 e. The molecule has 154 valence electrons. The first-order chi connectivity index (χ1) is 14.0. The number of amides is 2. The highest BCUT2D eigenvalue weighted by Gasteiger charge is 2.25. The average molecular weight is 458 g/mol. The first kappa shape index (κ1) is 21.4. The maximum absolute atomic E-state index is 12.9. The predicted octanol–water partition coefficient (Wildman–Crippen LogP) is 4.33. The van der Waals surface area contributed by atoms with Gasteiger partial charge in [-0.15, -0.1) is 0 Å². The second-order valence-electron chi connectivity index (χ2n) is 7.24. The molecule has 0 unspecified atom stereocenters. The van der Waals surface area contributed by atoms with E-state index in [1.165, 1.54) is 0 Å². The number of halogens is 1. The van der Waals surface area contributed by atoms with Gasteiger partial charge < -0.3 is 15.1 Å². The lowest BCUT2D eigenvalue weighted by molar-refractivity contribution is 0.0773. The number of piperidine rings is 1. The third kappa shape index (κ3) is 5.18. The second kappa shape index (κ2) is 9.92. The maximum atomic E-state index is 12.9. The van der Waals surface area contributed by atoms with Crippen LogP contribution in [0.5, 0.6) is 0 Å². The van der Waals surface area contributed by atoms with Gasteiger partial charge in [-0.25, -0.2) is 0 Å². The molecule has 0 radical (unpaired) electrons. The zero-order chi connectivity index (χ0) is 20.8. The summed E-state index contributed by atoms with van der Waals surface area (Å²) in [6, 6.07) is 15.4. The first-order valence-electron chi connectivity index (χ1n) is 10.2. The number of hydrogen-bond acceptors (Lipinski definition) is 3. The maximum Gasteiger partial charge on any atom is 0.255 e. The molecular weight excluding hydrogens is 430 g/mol. The highest BCUT2D eigenvalue weighted by molar-refractivity contribution is 9.10. The highest BCUT2D eigenvalue weighted by atomic mass is 79.9. The molecule has 0 bridgehead atoms. The van der Waals surface area contributed by atoms with Crippen molar-refractivity contribution < 1.29 is 9.59 Å². The van der Waals surface area contributed by atoms with Crippen molar-refractivity contribution in [3.05, 3.63) is 64.1 Å². The summed E-state index contributed by atoms with van der Waals surface area (Å²) in [4.78, 5) is 29.5. The van der Waals surface area contributed by atoms with Crippen molar-refractivity contribution >= 4 is 33.4 Å². The Kier molecular flexibility index (Phi) is 7.31. The van der Waals surface area contributed by atoms with Crippen molar-refractivity contribution in [2.24, 2.45) is 0 Å². The fourth-order valence-corrected chi connectivity index (χ4v) is 4.01.